The van der Waals surface area contributed by atoms with Crippen molar-refractivity contribution < 1.29 is 18.1 Å². The summed E-state index contributed by atoms with van der Waals surface area (Å²) in [7, 11) is 0. The van der Waals surface area contributed by atoms with Crippen molar-refractivity contribution in [2.24, 2.45) is 0 Å². The lowest BCUT2D eigenvalue weighted by Gasteiger charge is -2.24. The molecule has 6 nitrogen and oxygen atoms in total. The van der Waals surface area contributed by atoms with Gasteiger partial charge >= 0.3 is 6.18 Å². The van der Waals surface area contributed by atoms with E-state index < -0.39 is 16.8 Å². The van der Waals surface area contributed by atoms with Crippen LogP contribution in [0.2, 0.25) is 0 Å². The lowest BCUT2D eigenvalue weighted by molar-refractivity contribution is -0.384. The van der Waals surface area contributed by atoms with Gasteiger partial charge in [-0.2, -0.15) is 13.2 Å². The molecule has 0 amide bonds. The molecule has 0 N–H and O–H groups in total. The van der Waals surface area contributed by atoms with Crippen molar-refractivity contribution in [2.75, 3.05) is 10.8 Å². The van der Waals surface area contributed by atoms with E-state index in [0.29, 0.717) is 17.3 Å². The first-order chi connectivity index (χ1) is 13.3. The molecule has 0 atom stereocenters. The number of aromatic nitrogens is 2. The molecule has 144 valence electrons. The Morgan fingerprint density at radius 3 is 2.75 bits per heavy atom. The number of nitro benzene ring substituents is 1. The van der Waals surface area contributed by atoms with Crippen LogP contribution < -0.4 is 4.90 Å². The van der Waals surface area contributed by atoms with Crippen molar-refractivity contribution in [3.63, 3.8) is 0 Å². The molecule has 1 aliphatic rings. The van der Waals surface area contributed by atoms with Crippen LogP contribution in [-0.4, -0.2) is 20.2 Å². The van der Waals surface area contributed by atoms with Crippen LogP contribution in [0.15, 0.2) is 48.0 Å². The number of hydrogen-bond donors (Lipinski definition) is 0. The molecule has 4 rings (SSSR count). The van der Waals surface area contributed by atoms with E-state index in [0.717, 1.165) is 16.0 Å². The topological polar surface area (TPSA) is 63.7 Å². The number of hydrogen-bond acceptors (Lipinski definition) is 5. The van der Waals surface area contributed by atoms with Gasteiger partial charge in [0.1, 0.15) is 11.3 Å². The Bertz CT molecular complexity index is 1120. The van der Waals surface area contributed by atoms with Gasteiger partial charge in [-0.05, 0) is 30.0 Å². The maximum atomic E-state index is 13.5. The van der Waals surface area contributed by atoms with Crippen molar-refractivity contribution in [1.82, 2.24) is 9.38 Å². The molecule has 0 saturated carbocycles. The third kappa shape index (κ3) is 2.99. The Balaban J connectivity index is 1.87. The minimum atomic E-state index is -4.55. The molecular formula is C18H13F3N4O2S. The average molecular weight is 406 g/mol. The van der Waals surface area contributed by atoms with Gasteiger partial charge in [0.05, 0.1) is 34.1 Å². The standard InChI is InChI=1S/C18H13F3N4O2S/c1-11-5-6-12(25(26)27)7-13(11)23-10-28-9-15(23)14-8-22-17-4-2-3-16(24(14)17)18(19,20)21/h2-9H,10H2,1H3. The molecule has 0 spiro atoms. The van der Waals surface area contributed by atoms with Crippen LogP contribution in [0.4, 0.5) is 24.5 Å². The molecule has 0 bridgehead atoms. The molecule has 1 aromatic carbocycles. The minimum Gasteiger partial charge on any atom is -0.329 e. The van der Waals surface area contributed by atoms with Crippen molar-refractivity contribution >= 4 is 34.5 Å². The molecule has 2 aromatic heterocycles. The first-order valence-electron chi connectivity index (χ1n) is 8.16. The molecule has 28 heavy (non-hydrogen) atoms. The van der Waals surface area contributed by atoms with Crippen molar-refractivity contribution in [3.8, 4) is 0 Å². The predicted molar refractivity (Wildman–Crippen MR) is 101 cm³/mol. The average Bonchev–Trinajstić information content (AvgIpc) is 3.27. The smallest absolute Gasteiger partial charge is 0.329 e. The molecule has 0 saturated heterocycles. The lowest BCUT2D eigenvalue weighted by Crippen LogP contribution is -2.20. The van der Waals surface area contributed by atoms with E-state index >= 15 is 0 Å². The molecule has 3 aromatic rings. The highest BCUT2D eigenvalue weighted by Crippen LogP contribution is 2.40. The summed E-state index contributed by atoms with van der Waals surface area (Å²) in [6.45, 7) is 1.80. The van der Waals surface area contributed by atoms with Crippen molar-refractivity contribution in [3.05, 3.63) is 75.1 Å². The van der Waals surface area contributed by atoms with Gasteiger partial charge in [-0.25, -0.2) is 4.98 Å². The summed E-state index contributed by atoms with van der Waals surface area (Å²) in [4.78, 5) is 16.5. The van der Waals surface area contributed by atoms with Gasteiger partial charge < -0.3 is 4.90 Å². The molecule has 0 aliphatic carbocycles. The highest BCUT2D eigenvalue weighted by Gasteiger charge is 2.35. The number of nitro groups is 1. The number of imidazole rings is 1. The second kappa shape index (κ2) is 6.55. The number of alkyl halides is 3. The second-order valence-electron chi connectivity index (χ2n) is 6.20. The zero-order valence-electron chi connectivity index (χ0n) is 14.5. The fourth-order valence-electron chi connectivity index (χ4n) is 3.16. The van der Waals surface area contributed by atoms with Gasteiger partial charge in [-0.15, -0.1) is 11.8 Å². The number of halogens is 3. The van der Waals surface area contributed by atoms with Gasteiger partial charge in [-0.1, -0.05) is 12.1 Å². The van der Waals surface area contributed by atoms with E-state index in [1.54, 1.807) is 23.3 Å². The summed E-state index contributed by atoms with van der Waals surface area (Å²) < 4.78 is 41.6. The monoisotopic (exact) mass is 406 g/mol. The minimum absolute atomic E-state index is 0.0778. The lowest BCUT2D eigenvalue weighted by atomic mass is 10.1. The SMILES string of the molecule is Cc1ccc([N+](=O)[O-])cc1N1CSC=C1c1cnc2cccc(C(F)(F)F)n12. The second-order valence-corrected chi connectivity index (χ2v) is 7.03. The number of pyridine rings is 1. The van der Waals surface area contributed by atoms with Gasteiger partial charge in [0, 0.05) is 12.1 Å². The van der Waals surface area contributed by atoms with E-state index in [4.69, 9.17) is 0 Å². The van der Waals surface area contributed by atoms with Crippen LogP contribution in [0.1, 0.15) is 17.0 Å². The molecule has 1 aliphatic heterocycles. The number of thioether (sulfide) groups is 1. The summed E-state index contributed by atoms with van der Waals surface area (Å²) in [5.41, 5.74) is 1.42. The van der Waals surface area contributed by atoms with Crippen LogP contribution in [0.3, 0.4) is 0 Å². The number of benzene rings is 1. The van der Waals surface area contributed by atoms with Crippen LogP contribution in [0.25, 0.3) is 11.3 Å². The number of anilines is 1. The quantitative estimate of drug-likeness (QED) is 0.448. The fraction of sp³-hybridized carbons (Fsp3) is 0.167. The molecule has 0 fully saturated rings. The zero-order chi connectivity index (χ0) is 20.1. The largest absolute Gasteiger partial charge is 0.431 e. The number of fused-ring (bicyclic) bond motifs is 1. The predicted octanol–water partition coefficient (Wildman–Crippen LogP) is 5.08. The normalized spacial score (nSPS) is 14.6. The third-order valence-electron chi connectivity index (χ3n) is 4.47. The van der Waals surface area contributed by atoms with E-state index in [-0.39, 0.29) is 17.0 Å². The van der Waals surface area contributed by atoms with Gasteiger partial charge in [-0.3, -0.25) is 14.5 Å². The van der Waals surface area contributed by atoms with Gasteiger partial charge in [0.15, 0.2) is 0 Å². The highest BCUT2D eigenvalue weighted by atomic mass is 32.2. The molecule has 0 unspecified atom stereocenters. The Morgan fingerprint density at radius 2 is 2.04 bits per heavy atom. The Labute approximate surface area is 161 Å². The van der Waals surface area contributed by atoms with E-state index in [9.17, 15) is 23.3 Å². The molecular weight excluding hydrogens is 393 g/mol. The number of aryl methyl sites for hydroxylation is 1. The third-order valence-corrected chi connectivity index (χ3v) is 5.26. The molecule has 0 radical (unpaired) electrons. The summed E-state index contributed by atoms with van der Waals surface area (Å²) >= 11 is 1.40. The Hall–Kier alpha value is -3.01. The van der Waals surface area contributed by atoms with Crippen molar-refractivity contribution in [1.29, 1.82) is 0 Å². The first-order valence-corrected chi connectivity index (χ1v) is 9.20. The van der Waals surface area contributed by atoms with Crippen LogP contribution >= 0.6 is 11.8 Å². The summed E-state index contributed by atoms with van der Waals surface area (Å²) in [5, 5.41) is 12.9. The number of non-ortho nitro benzene ring substituents is 1. The van der Waals surface area contributed by atoms with Crippen LogP contribution in [-0.2, 0) is 6.18 Å². The van der Waals surface area contributed by atoms with E-state index in [1.165, 1.54) is 42.2 Å². The fourth-order valence-corrected chi connectivity index (χ4v) is 4.07. The van der Waals surface area contributed by atoms with Crippen LogP contribution in [0.5, 0.6) is 0 Å². The summed E-state index contributed by atoms with van der Waals surface area (Å²) in [6.07, 6.45) is -3.16. The number of rotatable bonds is 3. The van der Waals surface area contributed by atoms with Crippen molar-refractivity contribution in [2.45, 2.75) is 13.1 Å². The highest BCUT2D eigenvalue weighted by molar-refractivity contribution is 8.02. The van der Waals surface area contributed by atoms with Crippen LogP contribution in [0, 0.1) is 17.0 Å². The zero-order valence-corrected chi connectivity index (χ0v) is 15.3. The van der Waals surface area contributed by atoms with E-state index in [1.807, 2.05) is 0 Å². The summed E-state index contributed by atoms with van der Waals surface area (Å²) in [6, 6.07) is 8.29. The summed E-state index contributed by atoms with van der Waals surface area (Å²) in [5.74, 6) is 0.429. The van der Waals surface area contributed by atoms with E-state index in [2.05, 4.69) is 4.98 Å². The molecule has 3 heterocycles. The van der Waals surface area contributed by atoms with Gasteiger partial charge in [0.2, 0.25) is 0 Å². The first kappa shape index (κ1) is 18.4. The Morgan fingerprint density at radius 1 is 1.25 bits per heavy atom. The maximum Gasteiger partial charge on any atom is 0.431 e. The van der Waals surface area contributed by atoms with Gasteiger partial charge in [0.25, 0.3) is 5.69 Å². The molecule has 10 heteroatoms. The maximum absolute atomic E-state index is 13.5. The Kier molecular flexibility index (Phi) is 4.30. The number of nitrogens with zero attached hydrogens (tertiary/aromatic N) is 4.